The molecule has 17 heavy (non-hydrogen) atoms. The zero-order valence-electron chi connectivity index (χ0n) is 9.98. The van der Waals surface area contributed by atoms with Crippen LogP contribution in [0.15, 0.2) is 0 Å². The van der Waals surface area contributed by atoms with Crippen molar-refractivity contribution < 1.29 is 24.2 Å². The summed E-state index contributed by atoms with van der Waals surface area (Å²) in [5.74, 6) is -1.40. The Morgan fingerprint density at radius 1 is 1.41 bits per heavy atom. The van der Waals surface area contributed by atoms with Gasteiger partial charge in [-0.2, -0.15) is 0 Å². The number of rotatable bonds is 7. The number of nitrogens with one attached hydrogen (secondary N) is 1. The van der Waals surface area contributed by atoms with Gasteiger partial charge in [-0.05, 0) is 12.8 Å². The number of carbonyl (C=O) groups is 2. The largest absolute Gasteiger partial charge is 0.479 e. The van der Waals surface area contributed by atoms with Crippen LogP contribution in [0, 0.1) is 0 Å². The minimum atomic E-state index is -1.09. The summed E-state index contributed by atoms with van der Waals surface area (Å²) < 4.78 is 10.1. The fraction of sp³-hybridized carbons (Fsp3) is 0.818. The van der Waals surface area contributed by atoms with E-state index in [-0.39, 0.29) is 25.2 Å². The Morgan fingerprint density at radius 2 is 2.06 bits per heavy atom. The van der Waals surface area contributed by atoms with E-state index in [9.17, 15) is 9.59 Å². The molecular weight excluding hydrogens is 226 g/mol. The zero-order valence-corrected chi connectivity index (χ0v) is 9.98. The van der Waals surface area contributed by atoms with Gasteiger partial charge >= 0.3 is 5.97 Å². The van der Waals surface area contributed by atoms with Crippen molar-refractivity contribution >= 4 is 11.9 Å². The van der Waals surface area contributed by atoms with Gasteiger partial charge in [0.05, 0.1) is 12.6 Å². The second-order valence-corrected chi connectivity index (χ2v) is 4.08. The van der Waals surface area contributed by atoms with Gasteiger partial charge in [-0.25, -0.2) is 4.79 Å². The summed E-state index contributed by atoms with van der Waals surface area (Å²) >= 11 is 0. The van der Waals surface area contributed by atoms with Crippen LogP contribution in [-0.2, 0) is 19.1 Å². The highest BCUT2D eigenvalue weighted by molar-refractivity contribution is 5.79. The summed E-state index contributed by atoms with van der Waals surface area (Å²) in [6.07, 6.45) is 3.48. The molecule has 0 heterocycles. The molecule has 0 aromatic rings. The van der Waals surface area contributed by atoms with Crippen LogP contribution in [0.5, 0.6) is 0 Å². The summed E-state index contributed by atoms with van der Waals surface area (Å²) in [4.78, 5) is 22.0. The molecule has 0 aromatic carbocycles. The van der Waals surface area contributed by atoms with Crippen LogP contribution in [-0.4, -0.2) is 49.5 Å². The number of carboxylic acid groups (broad SMARTS) is 1. The van der Waals surface area contributed by atoms with Gasteiger partial charge in [0.25, 0.3) is 0 Å². The van der Waals surface area contributed by atoms with Gasteiger partial charge in [-0.1, -0.05) is 12.8 Å². The Labute approximate surface area is 100 Å². The van der Waals surface area contributed by atoms with Crippen LogP contribution in [0.2, 0.25) is 0 Å². The molecule has 0 bridgehead atoms. The summed E-state index contributed by atoms with van der Waals surface area (Å²) in [7, 11) is 1.29. The van der Waals surface area contributed by atoms with Gasteiger partial charge in [0.2, 0.25) is 5.91 Å². The van der Waals surface area contributed by atoms with Gasteiger partial charge in [-0.3, -0.25) is 4.79 Å². The van der Waals surface area contributed by atoms with E-state index < -0.39 is 12.1 Å². The molecule has 1 amide bonds. The van der Waals surface area contributed by atoms with E-state index in [4.69, 9.17) is 9.84 Å². The summed E-state index contributed by atoms with van der Waals surface area (Å²) in [5.41, 5.74) is 0. The third-order valence-electron chi connectivity index (χ3n) is 2.80. The Morgan fingerprint density at radius 3 is 2.59 bits per heavy atom. The lowest BCUT2D eigenvalue weighted by Crippen LogP contribution is -2.39. The lowest BCUT2D eigenvalue weighted by molar-refractivity contribution is -0.148. The fourth-order valence-electron chi connectivity index (χ4n) is 1.78. The van der Waals surface area contributed by atoms with Gasteiger partial charge < -0.3 is 19.9 Å². The van der Waals surface area contributed by atoms with Crippen molar-refractivity contribution in [2.45, 2.75) is 37.9 Å². The molecule has 1 aliphatic carbocycles. The molecule has 0 spiro atoms. The van der Waals surface area contributed by atoms with Crippen molar-refractivity contribution in [1.29, 1.82) is 0 Å². The van der Waals surface area contributed by atoms with Crippen LogP contribution in [0.25, 0.3) is 0 Å². The molecule has 0 radical (unpaired) electrons. The topological polar surface area (TPSA) is 84.9 Å². The smallest absolute Gasteiger partial charge is 0.334 e. The van der Waals surface area contributed by atoms with Gasteiger partial charge in [-0.15, -0.1) is 0 Å². The summed E-state index contributed by atoms with van der Waals surface area (Å²) in [6.45, 7) is -0.0561. The molecule has 6 nitrogen and oxygen atoms in total. The Balaban J connectivity index is 2.13. The molecule has 1 saturated carbocycles. The lowest BCUT2D eigenvalue weighted by atomic mass is 10.3. The minimum absolute atomic E-state index is 0.0132. The highest BCUT2D eigenvalue weighted by Crippen LogP contribution is 2.20. The number of carboxylic acids is 1. The normalized spacial score (nSPS) is 17.9. The number of hydrogen-bond acceptors (Lipinski definition) is 4. The van der Waals surface area contributed by atoms with Crippen molar-refractivity contribution in [3.05, 3.63) is 0 Å². The van der Waals surface area contributed by atoms with E-state index in [0.29, 0.717) is 0 Å². The van der Waals surface area contributed by atoms with Crippen LogP contribution in [0.1, 0.15) is 25.7 Å². The second kappa shape index (κ2) is 7.24. The third-order valence-corrected chi connectivity index (χ3v) is 2.80. The molecule has 98 valence electrons. The lowest BCUT2D eigenvalue weighted by Gasteiger charge is -2.13. The van der Waals surface area contributed by atoms with Crippen molar-refractivity contribution in [2.24, 2.45) is 0 Å². The number of hydrogen-bond donors (Lipinski definition) is 2. The number of ether oxygens (including phenoxy) is 2. The van der Waals surface area contributed by atoms with Gasteiger partial charge in [0.1, 0.15) is 6.61 Å². The standard InChI is InChI=1S/C11H19NO5/c1-16-9(11(14)15)6-12-10(13)7-17-8-4-2-3-5-8/h8-9H,2-7H2,1H3,(H,12,13)(H,14,15). The first-order valence-electron chi connectivity index (χ1n) is 5.77. The monoisotopic (exact) mass is 245 g/mol. The third kappa shape index (κ3) is 5.14. The molecule has 2 N–H and O–H groups in total. The summed E-state index contributed by atoms with van der Waals surface area (Å²) in [6, 6.07) is 0. The number of aliphatic carboxylic acids is 1. The number of methoxy groups -OCH3 is 1. The quantitative estimate of drug-likeness (QED) is 0.667. The maximum absolute atomic E-state index is 11.4. The first-order chi connectivity index (χ1) is 8.13. The predicted molar refractivity (Wildman–Crippen MR) is 59.7 cm³/mol. The average Bonchev–Trinajstić information content (AvgIpc) is 2.79. The second-order valence-electron chi connectivity index (χ2n) is 4.08. The zero-order chi connectivity index (χ0) is 12.7. The predicted octanol–water partition coefficient (Wildman–Crippen LogP) is 0.161. The van der Waals surface area contributed by atoms with E-state index in [2.05, 4.69) is 10.1 Å². The Hall–Kier alpha value is -1.14. The molecule has 1 unspecified atom stereocenters. The van der Waals surface area contributed by atoms with Crippen LogP contribution in [0.4, 0.5) is 0 Å². The SMILES string of the molecule is COC(CNC(=O)COC1CCCC1)C(=O)O. The molecule has 6 heteroatoms. The maximum Gasteiger partial charge on any atom is 0.334 e. The van der Waals surface area contributed by atoms with Gasteiger partial charge in [0, 0.05) is 7.11 Å². The Kier molecular flexibility index (Phi) is 5.93. The molecule has 1 atom stereocenters. The van der Waals surface area contributed by atoms with Crippen molar-refractivity contribution in [3.63, 3.8) is 0 Å². The fourth-order valence-corrected chi connectivity index (χ4v) is 1.78. The molecule has 1 fully saturated rings. The number of amides is 1. The first-order valence-corrected chi connectivity index (χ1v) is 5.77. The molecule has 0 saturated heterocycles. The van der Waals surface area contributed by atoms with E-state index >= 15 is 0 Å². The molecule has 1 aliphatic rings. The van der Waals surface area contributed by atoms with E-state index in [1.807, 2.05) is 0 Å². The van der Waals surface area contributed by atoms with E-state index in [1.165, 1.54) is 7.11 Å². The van der Waals surface area contributed by atoms with Crippen molar-refractivity contribution in [3.8, 4) is 0 Å². The van der Waals surface area contributed by atoms with Crippen molar-refractivity contribution in [1.82, 2.24) is 5.32 Å². The molecule has 1 rings (SSSR count). The van der Waals surface area contributed by atoms with Crippen LogP contribution >= 0.6 is 0 Å². The van der Waals surface area contributed by atoms with Gasteiger partial charge in [0.15, 0.2) is 6.10 Å². The average molecular weight is 245 g/mol. The van der Waals surface area contributed by atoms with Crippen molar-refractivity contribution in [2.75, 3.05) is 20.3 Å². The van der Waals surface area contributed by atoms with Crippen LogP contribution in [0.3, 0.4) is 0 Å². The van der Waals surface area contributed by atoms with Crippen LogP contribution < -0.4 is 5.32 Å². The molecule has 0 aliphatic heterocycles. The first kappa shape index (κ1) is 13.9. The van der Waals surface area contributed by atoms with E-state index in [1.54, 1.807) is 0 Å². The molecular formula is C11H19NO5. The summed E-state index contributed by atoms with van der Waals surface area (Å²) in [5, 5.41) is 11.2. The number of carbonyl (C=O) groups excluding carboxylic acids is 1. The Bertz CT molecular complexity index is 263. The van der Waals surface area contributed by atoms with E-state index in [0.717, 1.165) is 25.7 Å². The highest BCUT2D eigenvalue weighted by atomic mass is 16.5. The minimum Gasteiger partial charge on any atom is -0.479 e. The maximum atomic E-state index is 11.4. The highest BCUT2D eigenvalue weighted by Gasteiger charge is 2.19. The molecule has 0 aromatic heterocycles.